The van der Waals surface area contributed by atoms with Crippen LogP contribution in [0.1, 0.15) is 12.8 Å². The van der Waals surface area contributed by atoms with E-state index in [0.29, 0.717) is 30.4 Å². The summed E-state index contributed by atoms with van der Waals surface area (Å²) in [4.78, 5) is -0.272. The molecule has 19 heavy (non-hydrogen) atoms. The van der Waals surface area contributed by atoms with Gasteiger partial charge in [-0.3, -0.25) is 0 Å². The molecule has 1 fully saturated rings. The first kappa shape index (κ1) is 14.9. The Hall–Kier alpha value is -0.500. The third-order valence-corrected chi connectivity index (χ3v) is 5.67. The number of ether oxygens (including phenoxy) is 1. The Morgan fingerprint density at radius 3 is 2.53 bits per heavy atom. The maximum atomic E-state index is 13.8. The van der Waals surface area contributed by atoms with Gasteiger partial charge in [-0.25, -0.2) is 12.8 Å². The quantitative estimate of drug-likeness (QED) is 0.839. The molecular formula is C12H15BrFNO3S. The molecule has 0 aromatic heterocycles. The molecule has 1 heterocycles. The zero-order valence-electron chi connectivity index (χ0n) is 10.5. The van der Waals surface area contributed by atoms with Crippen LogP contribution in [0.5, 0.6) is 0 Å². The second-order valence-corrected chi connectivity index (χ2v) is 7.24. The molecule has 0 radical (unpaired) electrons. The monoisotopic (exact) mass is 351 g/mol. The van der Waals surface area contributed by atoms with Gasteiger partial charge in [0.05, 0.1) is 6.10 Å². The van der Waals surface area contributed by atoms with E-state index in [4.69, 9.17) is 4.74 Å². The largest absolute Gasteiger partial charge is 0.381 e. The van der Waals surface area contributed by atoms with Crippen molar-refractivity contribution in [2.45, 2.75) is 23.8 Å². The maximum absolute atomic E-state index is 13.8. The van der Waals surface area contributed by atoms with E-state index in [0.717, 1.165) is 6.07 Å². The van der Waals surface area contributed by atoms with Crippen molar-refractivity contribution in [1.82, 2.24) is 4.31 Å². The molecule has 106 valence electrons. The van der Waals surface area contributed by atoms with Crippen LogP contribution >= 0.6 is 15.9 Å². The predicted octanol–water partition coefficient (Wildman–Crippen LogP) is 2.39. The molecule has 0 spiro atoms. The highest BCUT2D eigenvalue weighted by Crippen LogP contribution is 2.25. The summed E-state index contributed by atoms with van der Waals surface area (Å²) in [6.07, 6.45) is 1.35. The van der Waals surface area contributed by atoms with Crippen molar-refractivity contribution in [1.29, 1.82) is 0 Å². The van der Waals surface area contributed by atoms with Crippen LogP contribution in [-0.2, 0) is 14.8 Å². The minimum atomic E-state index is -3.76. The van der Waals surface area contributed by atoms with Crippen LogP contribution in [0.15, 0.2) is 27.6 Å². The molecule has 0 N–H and O–H groups in total. The number of nitrogens with zero attached hydrogens (tertiary/aromatic N) is 1. The fourth-order valence-corrected chi connectivity index (χ4v) is 3.98. The van der Waals surface area contributed by atoms with E-state index in [-0.39, 0.29) is 11.0 Å². The first-order valence-corrected chi connectivity index (χ1v) is 8.16. The molecule has 4 nitrogen and oxygen atoms in total. The lowest BCUT2D eigenvalue weighted by Crippen LogP contribution is -2.40. The van der Waals surface area contributed by atoms with Crippen LogP contribution < -0.4 is 0 Å². The van der Waals surface area contributed by atoms with E-state index >= 15 is 0 Å². The lowest BCUT2D eigenvalue weighted by Gasteiger charge is -2.30. The zero-order valence-corrected chi connectivity index (χ0v) is 12.9. The molecule has 0 amide bonds. The van der Waals surface area contributed by atoms with Gasteiger partial charge in [-0.2, -0.15) is 4.31 Å². The normalized spacial score (nSPS) is 18.7. The second kappa shape index (κ2) is 5.87. The van der Waals surface area contributed by atoms with Crippen LogP contribution in [0.2, 0.25) is 0 Å². The Morgan fingerprint density at radius 1 is 1.37 bits per heavy atom. The van der Waals surface area contributed by atoms with Gasteiger partial charge in [0.1, 0.15) is 10.7 Å². The van der Waals surface area contributed by atoms with Gasteiger partial charge in [-0.05, 0) is 31.0 Å². The summed E-state index contributed by atoms with van der Waals surface area (Å²) in [7, 11) is -2.14. The van der Waals surface area contributed by atoms with E-state index in [1.165, 1.54) is 16.4 Å². The molecule has 2 rings (SSSR count). The van der Waals surface area contributed by atoms with Crippen LogP contribution in [0, 0.1) is 5.82 Å². The Bertz CT molecular complexity index is 556. The van der Waals surface area contributed by atoms with Crippen molar-refractivity contribution in [2.75, 3.05) is 20.2 Å². The molecule has 1 aromatic carbocycles. The van der Waals surface area contributed by atoms with Gasteiger partial charge in [-0.15, -0.1) is 0 Å². The average molecular weight is 352 g/mol. The number of methoxy groups -OCH3 is 1. The molecular weight excluding hydrogens is 337 g/mol. The number of hydrogen-bond acceptors (Lipinski definition) is 3. The summed E-state index contributed by atoms with van der Waals surface area (Å²) < 4.78 is 45.5. The van der Waals surface area contributed by atoms with Crippen molar-refractivity contribution in [3.63, 3.8) is 0 Å². The van der Waals surface area contributed by atoms with Crippen LogP contribution in [0.4, 0.5) is 4.39 Å². The number of sulfonamides is 1. The van der Waals surface area contributed by atoms with Gasteiger partial charge in [0.2, 0.25) is 10.0 Å². The summed E-state index contributed by atoms with van der Waals surface area (Å²) in [5.74, 6) is -0.733. The predicted molar refractivity (Wildman–Crippen MR) is 72.9 cm³/mol. The molecule has 1 aliphatic heterocycles. The minimum absolute atomic E-state index is 0.0845. The highest BCUT2D eigenvalue weighted by molar-refractivity contribution is 9.10. The highest BCUT2D eigenvalue weighted by atomic mass is 79.9. The summed E-state index contributed by atoms with van der Waals surface area (Å²) in [5.41, 5.74) is 0. The maximum Gasteiger partial charge on any atom is 0.245 e. The molecule has 1 saturated heterocycles. The summed E-state index contributed by atoms with van der Waals surface area (Å²) in [6, 6.07) is 3.98. The van der Waals surface area contributed by atoms with Crippen molar-refractivity contribution in [3.8, 4) is 0 Å². The van der Waals surface area contributed by atoms with E-state index in [2.05, 4.69) is 15.9 Å². The van der Waals surface area contributed by atoms with Gasteiger partial charge >= 0.3 is 0 Å². The summed E-state index contributed by atoms with van der Waals surface area (Å²) in [5, 5.41) is 0. The van der Waals surface area contributed by atoms with Gasteiger partial charge in [0, 0.05) is 24.7 Å². The van der Waals surface area contributed by atoms with Crippen molar-refractivity contribution >= 4 is 26.0 Å². The van der Waals surface area contributed by atoms with E-state index in [9.17, 15) is 12.8 Å². The summed E-state index contributed by atoms with van der Waals surface area (Å²) >= 11 is 3.11. The third-order valence-electron chi connectivity index (χ3n) is 3.25. The van der Waals surface area contributed by atoms with Crippen molar-refractivity contribution < 1.29 is 17.5 Å². The smallest absolute Gasteiger partial charge is 0.245 e. The third kappa shape index (κ3) is 3.16. The fourth-order valence-electron chi connectivity index (χ4n) is 2.13. The molecule has 0 aliphatic carbocycles. The van der Waals surface area contributed by atoms with Gasteiger partial charge in [-0.1, -0.05) is 15.9 Å². The van der Waals surface area contributed by atoms with Gasteiger partial charge in [0.25, 0.3) is 0 Å². The van der Waals surface area contributed by atoms with E-state index in [1.807, 2.05) is 0 Å². The van der Waals surface area contributed by atoms with E-state index < -0.39 is 15.8 Å². The number of halogens is 2. The Morgan fingerprint density at radius 2 is 2.00 bits per heavy atom. The first-order chi connectivity index (χ1) is 8.95. The Kier molecular flexibility index (Phi) is 4.60. The van der Waals surface area contributed by atoms with Crippen LogP contribution in [0.25, 0.3) is 0 Å². The van der Waals surface area contributed by atoms with Crippen molar-refractivity contribution in [2.24, 2.45) is 0 Å². The molecule has 1 aliphatic rings. The van der Waals surface area contributed by atoms with Gasteiger partial charge < -0.3 is 4.74 Å². The standard InChI is InChI=1S/C12H15BrFNO3S/c1-18-10-4-6-15(7-5-10)19(16,17)12-3-2-9(13)8-11(12)14/h2-3,8,10H,4-7H2,1H3. The fraction of sp³-hybridized carbons (Fsp3) is 0.500. The van der Waals surface area contributed by atoms with Crippen LogP contribution in [0.3, 0.4) is 0 Å². The minimum Gasteiger partial charge on any atom is -0.381 e. The lowest BCUT2D eigenvalue weighted by atomic mass is 10.1. The number of piperidine rings is 1. The van der Waals surface area contributed by atoms with E-state index in [1.54, 1.807) is 7.11 Å². The highest BCUT2D eigenvalue weighted by Gasteiger charge is 2.31. The molecule has 0 atom stereocenters. The van der Waals surface area contributed by atoms with Gasteiger partial charge in [0.15, 0.2) is 0 Å². The molecule has 0 bridgehead atoms. The number of hydrogen-bond donors (Lipinski definition) is 0. The Balaban J connectivity index is 2.23. The molecule has 0 unspecified atom stereocenters. The van der Waals surface area contributed by atoms with Crippen molar-refractivity contribution in [3.05, 3.63) is 28.5 Å². The second-order valence-electron chi connectivity index (χ2n) is 4.41. The SMILES string of the molecule is COC1CCN(S(=O)(=O)c2ccc(Br)cc2F)CC1. The zero-order chi connectivity index (χ0) is 14.0. The first-order valence-electron chi connectivity index (χ1n) is 5.93. The molecule has 7 heteroatoms. The molecule has 0 saturated carbocycles. The summed E-state index contributed by atoms with van der Waals surface area (Å²) in [6.45, 7) is 0.715. The number of benzene rings is 1. The Labute approximate surface area is 120 Å². The number of rotatable bonds is 3. The average Bonchev–Trinajstić information content (AvgIpc) is 2.38. The lowest BCUT2D eigenvalue weighted by molar-refractivity contribution is 0.0604. The topological polar surface area (TPSA) is 46.6 Å². The van der Waals surface area contributed by atoms with Crippen LogP contribution in [-0.4, -0.2) is 39.0 Å². The molecule has 1 aromatic rings.